The Kier molecular flexibility index (Phi) is 5.64. The number of fused-ring (bicyclic) bond motifs is 9. The van der Waals surface area contributed by atoms with E-state index in [9.17, 15) is 5.26 Å². The lowest BCUT2D eigenvalue weighted by Crippen LogP contribution is -2.01. The Balaban J connectivity index is 1.31. The monoisotopic (exact) mass is 623 g/mol. The number of benzene rings is 7. The zero-order valence-electron chi connectivity index (χ0n) is 26.2. The maximum Gasteiger partial charge on any atom is 0.212 e. The van der Waals surface area contributed by atoms with Gasteiger partial charge < -0.3 is 13.7 Å². The van der Waals surface area contributed by atoms with Crippen LogP contribution in [-0.4, -0.2) is 13.7 Å². The van der Waals surface area contributed by atoms with Gasteiger partial charge in [0, 0.05) is 38.0 Å². The first-order valence-electron chi connectivity index (χ1n) is 16.2. The molecule has 5 nitrogen and oxygen atoms in total. The standard InChI is InChI=1S/C44H25N5/c1-46-36-26-41(28(27-45)23-44(36)48-38-20-10-5-15-30(38)31-16-6-11-21-39(31)48)49-40-22-12-8-18-33(40)35-24-42-34(25-43(35)49)32-17-7-9-19-37(32)47(42)29-13-3-2-4-14-29/h2-26H. The Morgan fingerprint density at radius 2 is 0.857 bits per heavy atom. The molecule has 0 saturated carbocycles. The van der Waals surface area contributed by atoms with Crippen LogP contribution in [0.25, 0.3) is 87.3 Å². The normalized spacial score (nSPS) is 11.6. The van der Waals surface area contributed by atoms with E-state index in [1.165, 1.54) is 0 Å². The Bertz CT molecular complexity index is 3020. The Labute approximate surface area is 281 Å². The van der Waals surface area contributed by atoms with Gasteiger partial charge in [-0.3, -0.25) is 0 Å². The summed E-state index contributed by atoms with van der Waals surface area (Å²) >= 11 is 0. The molecular formula is C44H25N5. The summed E-state index contributed by atoms with van der Waals surface area (Å²) in [6, 6.07) is 54.6. The van der Waals surface area contributed by atoms with E-state index in [0.717, 1.165) is 71.1 Å². The number of hydrogen-bond donors (Lipinski definition) is 0. The molecule has 0 aliphatic heterocycles. The third kappa shape index (κ3) is 3.73. The summed E-state index contributed by atoms with van der Waals surface area (Å²) in [5.41, 5.74) is 9.69. The zero-order valence-corrected chi connectivity index (χ0v) is 26.2. The van der Waals surface area contributed by atoms with Crippen LogP contribution in [0, 0.1) is 17.9 Å². The van der Waals surface area contributed by atoms with Crippen LogP contribution in [0.15, 0.2) is 152 Å². The predicted octanol–water partition coefficient (Wildman–Crippen LogP) is 11.4. The first kappa shape index (κ1) is 27.1. The molecule has 3 heterocycles. The highest BCUT2D eigenvalue weighted by Crippen LogP contribution is 2.42. The molecule has 3 aromatic heterocycles. The fourth-order valence-corrected chi connectivity index (χ4v) is 7.84. The minimum Gasteiger partial charge on any atom is -0.319 e. The molecule has 49 heavy (non-hydrogen) atoms. The second kappa shape index (κ2) is 10.2. The van der Waals surface area contributed by atoms with Gasteiger partial charge in [-0.25, -0.2) is 4.85 Å². The minimum absolute atomic E-state index is 0.480. The molecule has 10 aromatic rings. The van der Waals surface area contributed by atoms with Crippen LogP contribution in [0.3, 0.4) is 0 Å². The number of aromatic nitrogens is 3. The third-order valence-electron chi connectivity index (χ3n) is 9.88. The fraction of sp³-hybridized carbons (Fsp3) is 0. The highest BCUT2D eigenvalue weighted by molar-refractivity contribution is 6.19. The molecule has 5 heteroatoms. The number of para-hydroxylation sites is 5. The summed E-state index contributed by atoms with van der Waals surface area (Å²) in [5, 5.41) is 17.4. The number of nitrogens with zero attached hydrogens (tertiary/aromatic N) is 5. The van der Waals surface area contributed by atoms with Crippen LogP contribution in [0.5, 0.6) is 0 Å². The Morgan fingerprint density at radius 3 is 1.37 bits per heavy atom. The molecule has 0 saturated heterocycles. The van der Waals surface area contributed by atoms with Crippen LogP contribution in [-0.2, 0) is 0 Å². The van der Waals surface area contributed by atoms with Crippen molar-refractivity contribution in [2.45, 2.75) is 0 Å². The van der Waals surface area contributed by atoms with Crippen LogP contribution < -0.4 is 0 Å². The fourth-order valence-electron chi connectivity index (χ4n) is 7.84. The van der Waals surface area contributed by atoms with Crippen molar-refractivity contribution in [3.8, 4) is 23.1 Å². The summed E-state index contributed by atoms with van der Waals surface area (Å²) in [7, 11) is 0. The van der Waals surface area contributed by atoms with Crippen molar-refractivity contribution in [2.75, 3.05) is 0 Å². The number of rotatable bonds is 3. The maximum atomic E-state index is 10.8. The molecule has 7 aromatic carbocycles. The van der Waals surface area contributed by atoms with Crippen molar-refractivity contribution in [3.63, 3.8) is 0 Å². The molecule has 10 rings (SSSR count). The summed E-state index contributed by atoms with van der Waals surface area (Å²) in [4.78, 5) is 4.08. The smallest absolute Gasteiger partial charge is 0.212 e. The topological polar surface area (TPSA) is 42.9 Å². The number of hydrogen-bond acceptors (Lipinski definition) is 1. The van der Waals surface area contributed by atoms with Crippen molar-refractivity contribution in [2.24, 2.45) is 0 Å². The van der Waals surface area contributed by atoms with E-state index in [4.69, 9.17) is 6.57 Å². The molecule has 0 aliphatic carbocycles. The van der Waals surface area contributed by atoms with Gasteiger partial charge in [-0.2, -0.15) is 5.26 Å². The van der Waals surface area contributed by atoms with Gasteiger partial charge in [0.05, 0.1) is 56.6 Å². The van der Waals surface area contributed by atoms with Gasteiger partial charge in [0.15, 0.2) is 0 Å². The molecular weight excluding hydrogens is 599 g/mol. The van der Waals surface area contributed by atoms with Crippen LogP contribution in [0.1, 0.15) is 5.56 Å². The summed E-state index contributed by atoms with van der Waals surface area (Å²) < 4.78 is 6.62. The van der Waals surface area contributed by atoms with E-state index in [1.54, 1.807) is 0 Å². The second-order valence-corrected chi connectivity index (χ2v) is 12.4. The largest absolute Gasteiger partial charge is 0.319 e. The quantitative estimate of drug-likeness (QED) is 0.181. The van der Waals surface area contributed by atoms with Gasteiger partial charge in [-0.05, 0) is 60.7 Å². The lowest BCUT2D eigenvalue weighted by Gasteiger charge is -2.16. The van der Waals surface area contributed by atoms with Crippen molar-refractivity contribution >= 4 is 71.1 Å². The molecule has 226 valence electrons. The van der Waals surface area contributed by atoms with E-state index in [-0.39, 0.29) is 0 Å². The minimum atomic E-state index is 0.480. The predicted molar refractivity (Wildman–Crippen MR) is 200 cm³/mol. The van der Waals surface area contributed by atoms with Gasteiger partial charge >= 0.3 is 0 Å². The van der Waals surface area contributed by atoms with Crippen LogP contribution in [0.4, 0.5) is 5.69 Å². The SMILES string of the molecule is [C-]#[N+]c1cc(-n2c3ccccc3c3cc4c(cc32)c2ccccc2n4-c2ccccc2)c(C#N)cc1-n1c2ccccc2c2ccccc21. The van der Waals surface area contributed by atoms with Crippen molar-refractivity contribution in [3.05, 3.63) is 169 Å². The van der Waals surface area contributed by atoms with Gasteiger partial charge in [-0.1, -0.05) is 91.0 Å². The van der Waals surface area contributed by atoms with Crippen molar-refractivity contribution in [1.29, 1.82) is 5.26 Å². The van der Waals surface area contributed by atoms with Crippen molar-refractivity contribution in [1.82, 2.24) is 13.7 Å². The molecule has 0 bridgehead atoms. The molecule has 0 amide bonds. The molecule has 0 spiro atoms. The summed E-state index contributed by atoms with van der Waals surface area (Å²) in [5.74, 6) is 0. The molecule has 0 atom stereocenters. The Hall–Kier alpha value is -7.08. The van der Waals surface area contributed by atoms with E-state index < -0.39 is 0 Å². The second-order valence-electron chi connectivity index (χ2n) is 12.4. The molecule has 0 aliphatic rings. The van der Waals surface area contributed by atoms with Gasteiger partial charge in [0.1, 0.15) is 6.07 Å². The highest BCUT2D eigenvalue weighted by Gasteiger charge is 2.22. The van der Waals surface area contributed by atoms with Gasteiger partial charge in [0.25, 0.3) is 0 Å². The average molecular weight is 624 g/mol. The first-order valence-corrected chi connectivity index (χ1v) is 16.2. The highest BCUT2D eigenvalue weighted by atomic mass is 15.0. The lowest BCUT2D eigenvalue weighted by atomic mass is 10.1. The Morgan fingerprint density at radius 1 is 0.429 bits per heavy atom. The molecule has 0 unspecified atom stereocenters. The van der Waals surface area contributed by atoms with Crippen LogP contribution >= 0.6 is 0 Å². The third-order valence-corrected chi connectivity index (χ3v) is 9.88. The first-order chi connectivity index (χ1) is 24.2. The van der Waals surface area contributed by atoms with E-state index in [1.807, 2.05) is 48.5 Å². The van der Waals surface area contributed by atoms with Crippen molar-refractivity contribution < 1.29 is 0 Å². The summed E-state index contributed by atoms with van der Waals surface area (Å²) in [6.07, 6.45) is 0. The van der Waals surface area contributed by atoms with Gasteiger partial charge in [0.2, 0.25) is 5.69 Å². The zero-order chi connectivity index (χ0) is 32.6. The van der Waals surface area contributed by atoms with Gasteiger partial charge in [-0.15, -0.1) is 0 Å². The number of nitriles is 1. The molecule has 0 N–H and O–H groups in total. The maximum absolute atomic E-state index is 10.8. The molecule has 0 fully saturated rings. The summed E-state index contributed by atoms with van der Waals surface area (Å²) in [6.45, 7) is 8.38. The lowest BCUT2D eigenvalue weighted by molar-refractivity contribution is 1.14. The van der Waals surface area contributed by atoms with Crippen LogP contribution in [0.2, 0.25) is 0 Å². The van der Waals surface area contributed by atoms with E-state index in [0.29, 0.717) is 22.6 Å². The average Bonchev–Trinajstić information content (AvgIpc) is 3.79. The van der Waals surface area contributed by atoms with E-state index >= 15 is 0 Å². The molecule has 0 radical (unpaired) electrons. The van der Waals surface area contributed by atoms with E-state index in [2.05, 4.69) is 128 Å².